The lowest BCUT2D eigenvalue weighted by Gasteiger charge is -2.08. The summed E-state index contributed by atoms with van der Waals surface area (Å²) in [5, 5.41) is 5.09. The molecule has 0 aliphatic carbocycles. The van der Waals surface area contributed by atoms with Gasteiger partial charge in [-0.05, 0) is 54.8 Å². The lowest BCUT2D eigenvalue weighted by Crippen LogP contribution is -2.12. The number of rotatable bonds is 10. The van der Waals surface area contributed by atoms with Gasteiger partial charge in [0.25, 0.3) is 0 Å². The summed E-state index contributed by atoms with van der Waals surface area (Å²) in [7, 11) is 1.60. The number of ether oxygens (including phenoxy) is 3. The van der Waals surface area contributed by atoms with Crippen molar-refractivity contribution in [1.29, 1.82) is 0 Å². The Balaban J connectivity index is 1.77. The lowest BCUT2D eigenvalue weighted by atomic mass is 10.0. The van der Waals surface area contributed by atoms with E-state index in [2.05, 4.69) is 12.2 Å². The van der Waals surface area contributed by atoms with Gasteiger partial charge < -0.3 is 19.5 Å². The van der Waals surface area contributed by atoms with Gasteiger partial charge in [-0.3, -0.25) is 4.79 Å². The van der Waals surface area contributed by atoms with Gasteiger partial charge in [0.05, 0.1) is 20.3 Å². The molecule has 3 rings (SSSR count). The van der Waals surface area contributed by atoms with Crippen LogP contribution in [-0.4, -0.2) is 32.2 Å². The zero-order valence-corrected chi connectivity index (χ0v) is 19.7. The summed E-state index contributed by atoms with van der Waals surface area (Å²) in [5.74, 6) is 0.693. The smallest absolute Gasteiger partial charge is 0.341 e. The molecule has 2 aromatic carbocycles. The second kappa shape index (κ2) is 11.9. The molecule has 1 heterocycles. The first-order chi connectivity index (χ1) is 16.0. The Kier molecular flexibility index (Phi) is 8.66. The summed E-state index contributed by atoms with van der Waals surface area (Å²) in [6.07, 6.45) is 4.09. The van der Waals surface area contributed by atoms with Gasteiger partial charge in [0.15, 0.2) is 0 Å². The zero-order valence-electron chi connectivity index (χ0n) is 18.9. The maximum absolute atomic E-state index is 12.7. The third-order valence-electron chi connectivity index (χ3n) is 4.69. The summed E-state index contributed by atoms with van der Waals surface area (Å²) < 4.78 is 16.0. The highest BCUT2D eigenvalue weighted by Gasteiger charge is 2.22. The molecule has 0 unspecified atom stereocenters. The molecule has 0 fully saturated rings. The number of carbonyl (C=O) groups is 2. The Morgan fingerprint density at radius 3 is 2.33 bits per heavy atom. The Hall–Kier alpha value is -3.58. The average molecular weight is 466 g/mol. The van der Waals surface area contributed by atoms with E-state index in [0.717, 1.165) is 29.0 Å². The van der Waals surface area contributed by atoms with Crippen molar-refractivity contribution in [2.45, 2.75) is 20.3 Å². The minimum absolute atomic E-state index is 0.238. The summed E-state index contributed by atoms with van der Waals surface area (Å²) >= 11 is 1.28. The second-order valence-electron chi connectivity index (χ2n) is 7.04. The van der Waals surface area contributed by atoms with Gasteiger partial charge in [-0.1, -0.05) is 31.2 Å². The summed E-state index contributed by atoms with van der Waals surface area (Å²) in [6.45, 7) is 4.70. The first kappa shape index (κ1) is 24.1. The second-order valence-corrected chi connectivity index (χ2v) is 7.92. The largest absolute Gasteiger partial charge is 0.497 e. The van der Waals surface area contributed by atoms with E-state index in [1.165, 1.54) is 17.4 Å². The van der Waals surface area contributed by atoms with E-state index in [0.29, 0.717) is 22.7 Å². The molecule has 0 saturated heterocycles. The topological polar surface area (TPSA) is 73.9 Å². The first-order valence-electron chi connectivity index (χ1n) is 10.7. The van der Waals surface area contributed by atoms with E-state index < -0.39 is 5.97 Å². The molecule has 0 aliphatic heterocycles. The predicted molar refractivity (Wildman–Crippen MR) is 132 cm³/mol. The Morgan fingerprint density at radius 1 is 1.00 bits per heavy atom. The summed E-state index contributed by atoms with van der Waals surface area (Å²) in [4.78, 5) is 25.3. The first-order valence-corrected chi connectivity index (χ1v) is 11.6. The molecule has 0 atom stereocenters. The molecule has 0 saturated carbocycles. The standard InChI is InChI=1S/C26H27NO5S/c1-4-16-32-21-11-6-18(7-12-21)8-15-23(28)27-25-24(26(29)31-5-2)22(17-33-25)19-9-13-20(30-3)14-10-19/h6-15,17H,4-5,16H2,1-3H3,(H,27,28). The van der Waals surface area contributed by atoms with Crippen LogP contribution in [0.15, 0.2) is 60.0 Å². The fraction of sp³-hybridized carbons (Fsp3) is 0.231. The zero-order chi connectivity index (χ0) is 23.6. The number of hydrogen-bond donors (Lipinski definition) is 1. The number of esters is 1. The third-order valence-corrected chi connectivity index (χ3v) is 5.58. The van der Waals surface area contributed by atoms with E-state index in [-0.39, 0.29) is 12.5 Å². The normalized spacial score (nSPS) is 10.8. The van der Waals surface area contributed by atoms with Gasteiger partial charge in [0.2, 0.25) is 5.91 Å². The fourth-order valence-corrected chi connectivity index (χ4v) is 4.02. The maximum atomic E-state index is 12.7. The molecule has 0 aliphatic rings. The predicted octanol–water partition coefficient (Wildman–Crippen LogP) is 6.04. The van der Waals surface area contributed by atoms with Crippen molar-refractivity contribution >= 4 is 34.3 Å². The number of carbonyl (C=O) groups excluding carboxylic acids is 2. The maximum Gasteiger partial charge on any atom is 0.341 e. The van der Waals surface area contributed by atoms with Gasteiger partial charge in [0, 0.05) is 17.0 Å². The van der Waals surface area contributed by atoms with Crippen LogP contribution in [0.5, 0.6) is 11.5 Å². The van der Waals surface area contributed by atoms with E-state index in [9.17, 15) is 9.59 Å². The van der Waals surface area contributed by atoms with Crippen LogP contribution in [0.2, 0.25) is 0 Å². The lowest BCUT2D eigenvalue weighted by molar-refractivity contribution is -0.111. The van der Waals surface area contributed by atoms with Crippen LogP contribution >= 0.6 is 11.3 Å². The number of nitrogens with one attached hydrogen (secondary N) is 1. The number of methoxy groups -OCH3 is 1. The van der Waals surface area contributed by atoms with Crippen molar-refractivity contribution in [3.63, 3.8) is 0 Å². The molecule has 3 aromatic rings. The highest BCUT2D eigenvalue weighted by Crippen LogP contribution is 2.37. The van der Waals surface area contributed by atoms with Crippen LogP contribution in [0.4, 0.5) is 5.00 Å². The Labute approximate surface area is 197 Å². The van der Waals surface area contributed by atoms with Crippen LogP contribution in [-0.2, 0) is 9.53 Å². The van der Waals surface area contributed by atoms with Crippen molar-refractivity contribution in [1.82, 2.24) is 0 Å². The van der Waals surface area contributed by atoms with E-state index >= 15 is 0 Å². The molecule has 1 aromatic heterocycles. The van der Waals surface area contributed by atoms with Crippen molar-refractivity contribution in [3.05, 3.63) is 71.1 Å². The van der Waals surface area contributed by atoms with Crippen molar-refractivity contribution in [2.24, 2.45) is 0 Å². The minimum atomic E-state index is -0.480. The minimum Gasteiger partial charge on any atom is -0.497 e. The van der Waals surface area contributed by atoms with Crippen molar-refractivity contribution in [2.75, 3.05) is 25.6 Å². The molecule has 172 valence electrons. The van der Waals surface area contributed by atoms with Gasteiger partial charge >= 0.3 is 5.97 Å². The molecule has 0 spiro atoms. The quantitative estimate of drug-likeness (QED) is 0.292. The molecule has 33 heavy (non-hydrogen) atoms. The van der Waals surface area contributed by atoms with Crippen LogP contribution in [0.3, 0.4) is 0 Å². The number of anilines is 1. The number of amides is 1. The number of thiophene rings is 1. The molecular formula is C26H27NO5S. The molecule has 1 N–H and O–H groups in total. The van der Waals surface area contributed by atoms with Crippen LogP contribution in [0, 0.1) is 0 Å². The van der Waals surface area contributed by atoms with Crippen molar-refractivity contribution in [3.8, 4) is 22.6 Å². The average Bonchev–Trinajstić information content (AvgIpc) is 3.25. The Bertz CT molecular complexity index is 1100. The third kappa shape index (κ3) is 6.46. The van der Waals surface area contributed by atoms with E-state index in [1.807, 2.05) is 53.9 Å². The van der Waals surface area contributed by atoms with E-state index in [1.54, 1.807) is 20.1 Å². The molecule has 0 radical (unpaired) electrons. The van der Waals surface area contributed by atoms with Gasteiger partial charge in [-0.2, -0.15) is 0 Å². The van der Waals surface area contributed by atoms with Gasteiger partial charge in [-0.25, -0.2) is 4.79 Å². The molecule has 6 nitrogen and oxygen atoms in total. The molecular weight excluding hydrogens is 438 g/mol. The highest BCUT2D eigenvalue weighted by atomic mass is 32.1. The van der Waals surface area contributed by atoms with Gasteiger partial charge in [0.1, 0.15) is 22.1 Å². The monoisotopic (exact) mass is 465 g/mol. The van der Waals surface area contributed by atoms with Gasteiger partial charge in [-0.15, -0.1) is 11.3 Å². The van der Waals surface area contributed by atoms with E-state index in [4.69, 9.17) is 14.2 Å². The van der Waals surface area contributed by atoms with Crippen LogP contribution < -0.4 is 14.8 Å². The molecule has 0 bridgehead atoms. The fourth-order valence-electron chi connectivity index (χ4n) is 3.06. The SMILES string of the molecule is CCCOc1ccc(C=CC(=O)Nc2scc(-c3ccc(OC)cc3)c2C(=O)OCC)cc1. The molecule has 7 heteroatoms. The van der Waals surface area contributed by atoms with Crippen molar-refractivity contribution < 1.29 is 23.8 Å². The van der Waals surface area contributed by atoms with Crippen LogP contribution in [0.1, 0.15) is 36.2 Å². The summed E-state index contributed by atoms with van der Waals surface area (Å²) in [5.41, 5.74) is 2.73. The van der Waals surface area contributed by atoms with Crippen LogP contribution in [0.25, 0.3) is 17.2 Å². The number of benzene rings is 2. The summed E-state index contributed by atoms with van der Waals surface area (Å²) in [6, 6.07) is 14.9. The highest BCUT2D eigenvalue weighted by molar-refractivity contribution is 7.15. The Morgan fingerprint density at radius 2 is 1.70 bits per heavy atom. The number of hydrogen-bond acceptors (Lipinski definition) is 6. The molecule has 1 amide bonds.